The smallest absolute Gasteiger partial charge is 0.205 e. The highest BCUT2D eigenvalue weighted by atomic mass is 16.5. The van der Waals surface area contributed by atoms with E-state index in [1.807, 2.05) is 18.2 Å². The zero-order valence-electron chi connectivity index (χ0n) is 19.5. The van der Waals surface area contributed by atoms with Crippen LogP contribution in [0, 0.1) is 6.92 Å². The van der Waals surface area contributed by atoms with Crippen LogP contribution in [0.25, 0.3) is 28.2 Å². The number of aromatic nitrogens is 6. The number of ether oxygens (including phenoxy) is 1. The van der Waals surface area contributed by atoms with Crippen molar-refractivity contribution >= 4 is 5.65 Å². The first kappa shape index (κ1) is 22.0. The van der Waals surface area contributed by atoms with E-state index in [0.717, 1.165) is 58.6 Å². The van der Waals surface area contributed by atoms with Crippen molar-refractivity contribution in [3.63, 3.8) is 0 Å². The third-order valence-electron chi connectivity index (χ3n) is 6.00. The van der Waals surface area contributed by atoms with Gasteiger partial charge in [0.2, 0.25) is 5.82 Å². The van der Waals surface area contributed by atoms with E-state index in [4.69, 9.17) is 9.72 Å². The highest BCUT2D eigenvalue weighted by Gasteiger charge is 2.13. The summed E-state index contributed by atoms with van der Waals surface area (Å²) < 4.78 is 8.32. The lowest BCUT2D eigenvalue weighted by atomic mass is 9.97. The van der Waals surface area contributed by atoms with Gasteiger partial charge in [0.25, 0.3) is 0 Å². The summed E-state index contributed by atoms with van der Waals surface area (Å²) >= 11 is 0. The Kier molecular flexibility index (Phi) is 6.44. The highest BCUT2D eigenvalue weighted by Crippen LogP contribution is 2.31. The molecule has 0 atom stereocenters. The van der Waals surface area contributed by atoms with Crippen LogP contribution in [0.5, 0.6) is 0 Å². The Morgan fingerprint density at radius 1 is 0.971 bits per heavy atom. The van der Waals surface area contributed by atoms with Crippen molar-refractivity contribution in [3.8, 4) is 22.5 Å². The fraction of sp³-hybridized carbons (Fsp3) is 0.259. The maximum Gasteiger partial charge on any atom is 0.205 e. The Labute approximate surface area is 198 Å². The lowest BCUT2D eigenvalue weighted by Crippen LogP contribution is -2.01. The number of rotatable bonds is 9. The van der Waals surface area contributed by atoms with Crippen LogP contribution < -0.4 is 0 Å². The molecular formula is C27H28N6O. The van der Waals surface area contributed by atoms with E-state index in [9.17, 15) is 0 Å². The lowest BCUT2D eigenvalue weighted by molar-refractivity contribution is 0.104. The van der Waals surface area contributed by atoms with Crippen molar-refractivity contribution in [2.24, 2.45) is 0 Å². The molecule has 0 aliphatic carbocycles. The van der Waals surface area contributed by atoms with Crippen molar-refractivity contribution in [1.82, 2.24) is 30.0 Å². The van der Waals surface area contributed by atoms with Crippen LogP contribution >= 0.6 is 0 Å². The Morgan fingerprint density at radius 3 is 2.65 bits per heavy atom. The Hall–Kier alpha value is -3.84. The molecule has 0 unspecified atom stereocenters. The average Bonchev–Trinajstić information content (AvgIpc) is 3.56. The molecule has 0 aliphatic rings. The third kappa shape index (κ3) is 4.61. The van der Waals surface area contributed by atoms with Gasteiger partial charge in [-0.3, -0.25) is 0 Å². The molecule has 0 bridgehead atoms. The van der Waals surface area contributed by atoms with E-state index >= 15 is 0 Å². The number of fused-ring (bicyclic) bond motifs is 1. The second-order valence-electron chi connectivity index (χ2n) is 8.51. The van der Waals surface area contributed by atoms with Crippen molar-refractivity contribution in [3.05, 3.63) is 89.4 Å². The van der Waals surface area contributed by atoms with Gasteiger partial charge in [-0.05, 0) is 59.4 Å². The Balaban J connectivity index is 1.36. The van der Waals surface area contributed by atoms with Crippen molar-refractivity contribution in [1.29, 1.82) is 0 Å². The van der Waals surface area contributed by atoms with Crippen LogP contribution in [0.3, 0.4) is 0 Å². The molecule has 7 nitrogen and oxygen atoms in total. The molecule has 3 heterocycles. The number of aryl methyl sites for hydroxylation is 2. The summed E-state index contributed by atoms with van der Waals surface area (Å²) in [5.74, 6) is 0.568. The minimum atomic E-state index is 0.479. The molecule has 7 heteroatoms. The fourth-order valence-electron chi connectivity index (χ4n) is 4.18. The van der Waals surface area contributed by atoms with Gasteiger partial charge in [-0.15, -0.1) is 10.2 Å². The number of unbranched alkanes of at least 4 members (excludes halogenated alkanes) is 1. The number of hydrogen-bond donors (Lipinski definition) is 1. The first-order valence-corrected chi connectivity index (χ1v) is 11.7. The van der Waals surface area contributed by atoms with E-state index in [1.165, 1.54) is 5.56 Å². The summed E-state index contributed by atoms with van der Waals surface area (Å²) in [7, 11) is 0. The number of H-pyrrole nitrogens is 1. The van der Waals surface area contributed by atoms with E-state index in [0.29, 0.717) is 19.0 Å². The van der Waals surface area contributed by atoms with Crippen LogP contribution in [0.4, 0.5) is 0 Å². The molecule has 172 valence electrons. The number of tetrazole rings is 1. The molecule has 34 heavy (non-hydrogen) atoms. The molecular weight excluding hydrogens is 424 g/mol. The Morgan fingerprint density at radius 2 is 1.85 bits per heavy atom. The molecule has 5 aromatic rings. The summed E-state index contributed by atoms with van der Waals surface area (Å²) in [6.07, 6.45) is 5.47. The highest BCUT2D eigenvalue weighted by molar-refractivity contribution is 5.80. The largest absolute Gasteiger partial charge is 0.371 e. The number of nitrogens with zero attached hydrogens (tertiary/aromatic N) is 5. The molecule has 5 rings (SSSR count). The molecule has 2 aromatic carbocycles. The van der Waals surface area contributed by atoms with Gasteiger partial charge < -0.3 is 9.14 Å². The predicted molar refractivity (Wildman–Crippen MR) is 132 cm³/mol. The fourth-order valence-corrected chi connectivity index (χ4v) is 4.18. The summed E-state index contributed by atoms with van der Waals surface area (Å²) in [5.41, 5.74) is 8.56. The molecule has 1 N–H and O–H groups in total. The van der Waals surface area contributed by atoms with E-state index in [-0.39, 0.29) is 0 Å². The standard InChI is InChI=1S/C27H28N6O/c1-3-4-10-22-16-33-23(13-11-19(2)27(33)28-22)18-34-17-20-12-14-24(21-8-6-5-7-9-21)25(15-20)26-29-31-32-30-26/h5-9,11-16H,3-4,10,17-18H2,1-2H3,(H,29,30,31,32). The van der Waals surface area contributed by atoms with E-state index in [1.54, 1.807) is 0 Å². The van der Waals surface area contributed by atoms with Gasteiger partial charge in [-0.25, -0.2) is 4.98 Å². The quantitative estimate of drug-likeness (QED) is 0.317. The van der Waals surface area contributed by atoms with Crippen molar-refractivity contribution in [2.75, 3.05) is 0 Å². The normalized spacial score (nSPS) is 11.4. The van der Waals surface area contributed by atoms with E-state index < -0.39 is 0 Å². The molecule has 0 radical (unpaired) electrons. The SMILES string of the molecule is CCCCc1cn2c(COCc3ccc(-c4ccccc4)c(-c4nn[nH]n4)c3)ccc(C)c2n1. The number of aromatic amines is 1. The van der Waals surface area contributed by atoms with Gasteiger partial charge in [0.05, 0.1) is 18.9 Å². The Bertz CT molecular complexity index is 1380. The number of nitrogens with one attached hydrogen (secondary N) is 1. The summed E-state index contributed by atoms with van der Waals surface area (Å²) in [5, 5.41) is 14.7. The number of benzene rings is 2. The molecule has 0 saturated heterocycles. The van der Waals surface area contributed by atoms with Crippen molar-refractivity contribution in [2.45, 2.75) is 46.3 Å². The average molecular weight is 453 g/mol. The number of hydrogen-bond acceptors (Lipinski definition) is 5. The monoisotopic (exact) mass is 452 g/mol. The van der Waals surface area contributed by atoms with Crippen LogP contribution in [0.15, 0.2) is 66.9 Å². The van der Waals surface area contributed by atoms with Crippen LogP contribution in [-0.4, -0.2) is 30.0 Å². The molecule has 0 amide bonds. The topological polar surface area (TPSA) is 81.0 Å². The minimum absolute atomic E-state index is 0.479. The zero-order valence-corrected chi connectivity index (χ0v) is 19.5. The van der Waals surface area contributed by atoms with Crippen molar-refractivity contribution < 1.29 is 4.74 Å². The predicted octanol–water partition coefficient (Wildman–Crippen LogP) is 5.55. The van der Waals surface area contributed by atoms with E-state index in [2.05, 4.69) is 87.5 Å². The molecule has 0 aliphatic heterocycles. The number of pyridine rings is 1. The van der Waals surface area contributed by atoms with Gasteiger partial charge in [-0.2, -0.15) is 5.21 Å². The second-order valence-corrected chi connectivity index (χ2v) is 8.51. The minimum Gasteiger partial charge on any atom is -0.371 e. The summed E-state index contributed by atoms with van der Waals surface area (Å²) in [4.78, 5) is 4.84. The summed E-state index contributed by atoms with van der Waals surface area (Å²) in [6.45, 7) is 5.28. The maximum absolute atomic E-state index is 6.15. The van der Waals surface area contributed by atoms with Gasteiger partial charge in [-0.1, -0.05) is 61.9 Å². The van der Waals surface area contributed by atoms with Crippen LogP contribution in [-0.2, 0) is 24.4 Å². The second kappa shape index (κ2) is 9.97. The third-order valence-corrected chi connectivity index (χ3v) is 6.00. The molecule has 0 spiro atoms. The van der Waals surface area contributed by atoms with Gasteiger partial charge in [0.15, 0.2) is 0 Å². The van der Waals surface area contributed by atoms with Gasteiger partial charge in [0, 0.05) is 17.5 Å². The molecule has 0 fully saturated rings. The number of imidazole rings is 1. The van der Waals surface area contributed by atoms with Crippen LogP contribution in [0.1, 0.15) is 42.3 Å². The lowest BCUT2D eigenvalue weighted by Gasteiger charge is -2.11. The molecule has 3 aromatic heterocycles. The zero-order chi connectivity index (χ0) is 23.3. The van der Waals surface area contributed by atoms with Crippen LogP contribution in [0.2, 0.25) is 0 Å². The first-order valence-electron chi connectivity index (χ1n) is 11.7. The summed E-state index contributed by atoms with van der Waals surface area (Å²) in [6, 6.07) is 20.7. The maximum atomic E-state index is 6.15. The first-order chi connectivity index (χ1) is 16.7. The van der Waals surface area contributed by atoms with Gasteiger partial charge >= 0.3 is 0 Å². The van der Waals surface area contributed by atoms with Gasteiger partial charge in [0.1, 0.15) is 5.65 Å². The molecule has 0 saturated carbocycles.